The Balaban J connectivity index is 1.51. The lowest BCUT2D eigenvalue weighted by Crippen LogP contribution is -2.22. The summed E-state index contributed by atoms with van der Waals surface area (Å²) < 4.78 is 1.98. The molecule has 1 aliphatic rings. The van der Waals surface area contributed by atoms with Crippen molar-refractivity contribution < 1.29 is 4.79 Å². The number of nitrogens with one attached hydrogen (secondary N) is 3. The Morgan fingerprint density at radius 1 is 1.33 bits per heavy atom. The van der Waals surface area contributed by atoms with Gasteiger partial charge in [-0.3, -0.25) is 4.79 Å². The quantitative estimate of drug-likeness (QED) is 0.627. The van der Waals surface area contributed by atoms with Crippen LogP contribution in [0.2, 0.25) is 5.02 Å². The van der Waals surface area contributed by atoms with Crippen LogP contribution < -0.4 is 16.0 Å². The third kappa shape index (κ3) is 3.77. The lowest BCUT2D eigenvalue weighted by Gasteiger charge is -2.13. The van der Waals surface area contributed by atoms with Crippen LogP contribution in [0.25, 0.3) is 10.9 Å². The lowest BCUT2D eigenvalue weighted by atomic mass is 10.2. The number of anilines is 2. The van der Waals surface area contributed by atoms with E-state index in [-0.39, 0.29) is 5.91 Å². The molecule has 0 spiro atoms. The van der Waals surface area contributed by atoms with Gasteiger partial charge in [0.25, 0.3) is 5.91 Å². The molecule has 1 aliphatic heterocycles. The number of rotatable bonds is 5. The highest BCUT2D eigenvalue weighted by atomic mass is 35.5. The van der Waals surface area contributed by atoms with E-state index in [1.54, 1.807) is 6.20 Å². The largest absolute Gasteiger partial charge is 0.366 e. The first-order chi connectivity index (χ1) is 13.1. The molecule has 3 aromatic rings. The molecule has 140 valence electrons. The minimum atomic E-state index is -0.160. The van der Waals surface area contributed by atoms with Crippen LogP contribution in [0, 0.1) is 0 Å². The summed E-state index contributed by atoms with van der Waals surface area (Å²) in [7, 11) is 0. The number of amides is 1. The van der Waals surface area contributed by atoms with E-state index >= 15 is 0 Å². The molecule has 1 aromatic carbocycles. The SMILES string of the molecule is CCn1c(C(=O)Nc2ccc(N[C@H]3CCNC3)nc2)cc2cc(Cl)ccc21. The number of carbonyl (C=O) groups is 1. The zero-order chi connectivity index (χ0) is 18.8. The molecule has 0 radical (unpaired) electrons. The van der Waals surface area contributed by atoms with Gasteiger partial charge in [0.05, 0.1) is 11.9 Å². The average Bonchev–Trinajstić information content (AvgIpc) is 3.30. The highest BCUT2D eigenvalue weighted by Crippen LogP contribution is 2.24. The molecular formula is C20H22ClN5O. The van der Waals surface area contributed by atoms with E-state index in [9.17, 15) is 4.79 Å². The van der Waals surface area contributed by atoms with Crippen LogP contribution in [0.5, 0.6) is 0 Å². The summed E-state index contributed by atoms with van der Waals surface area (Å²) in [6, 6.07) is 11.7. The molecule has 0 saturated carbocycles. The van der Waals surface area contributed by atoms with Crippen molar-refractivity contribution in [2.45, 2.75) is 25.9 Å². The minimum Gasteiger partial charge on any atom is -0.366 e. The summed E-state index contributed by atoms with van der Waals surface area (Å²) in [5.41, 5.74) is 2.27. The number of halogens is 1. The molecule has 3 N–H and O–H groups in total. The topological polar surface area (TPSA) is 71.0 Å². The second-order valence-corrected chi connectivity index (χ2v) is 7.13. The monoisotopic (exact) mass is 383 g/mol. The Morgan fingerprint density at radius 3 is 2.93 bits per heavy atom. The van der Waals surface area contributed by atoms with Crippen molar-refractivity contribution in [3.05, 3.63) is 53.3 Å². The predicted octanol–water partition coefficient (Wildman–Crippen LogP) is 3.74. The second kappa shape index (κ2) is 7.58. The molecule has 0 bridgehead atoms. The van der Waals surface area contributed by atoms with Crippen LogP contribution in [0.1, 0.15) is 23.8 Å². The number of nitrogens with zero attached hydrogens (tertiary/aromatic N) is 2. The van der Waals surface area contributed by atoms with Crippen LogP contribution in [0.3, 0.4) is 0 Å². The van der Waals surface area contributed by atoms with Gasteiger partial charge in [-0.15, -0.1) is 0 Å². The van der Waals surface area contributed by atoms with Gasteiger partial charge >= 0.3 is 0 Å². The van der Waals surface area contributed by atoms with Crippen LogP contribution in [-0.4, -0.2) is 34.6 Å². The maximum absolute atomic E-state index is 12.8. The molecule has 7 heteroatoms. The Bertz CT molecular complexity index is 960. The number of benzene rings is 1. The molecule has 0 unspecified atom stereocenters. The van der Waals surface area contributed by atoms with Crippen molar-refractivity contribution >= 4 is 39.9 Å². The van der Waals surface area contributed by atoms with E-state index in [0.717, 1.165) is 36.2 Å². The second-order valence-electron chi connectivity index (χ2n) is 6.70. The summed E-state index contributed by atoms with van der Waals surface area (Å²) in [6.07, 6.45) is 2.77. The first-order valence-electron chi connectivity index (χ1n) is 9.17. The van der Waals surface area contributed by atoms with Crippen LogP contribution in [-0.2, 0) is 6.54 Å². The first-order valence-corrected chi connectivity index (χ1v) is 9.55. The van der Waals surface area contributed by atoms with Gasteiger partial charge in [-0.2, -0.15) is 0 Å². The first kappa shape index (κ1) is 17.8. The number of aromatic nitrogens is 2. The standard InChI is InChI=1S/C20H22ClN5O/c1-2-26-17-5-3-14(21)9-13(17)10-18(26)20(27)25-15-4-6-19(23-12-15)24-16-7-8-22-11-16/h3-6,9-10,12,16,22H,2,7-8,11H2,1H3,(H,23,24)(H,25,27)/t16-/m0/s1. The van der Waals surface area contributed by atoms with Crippen LogP contribution >= 0.6 is 11.6 Å². The highest BCUT2D eigenvalue weighted by Gasteiger charge is 2.16. The van der Waals surface area contributed by atoms with Crippen LogP contribution in [0.15, 0.2) is 42.6 Å². The zero-order valence-electron chi connectivity index (χ0n) is 15.1. The van der Waals surface area contributed by atoms with Gasteiger partial charge in [-0.25, -0.2) is 4.98 Å². The zero-order valence-corrected chi connectivity index (χ0v) is 15.9. The smallest absolute Gasteiger partial charge is 0.272 e. The molecule has 27 heavy (non-hydrogen) atoms. The van der Waals surface area contributed by atoms with Crippen molar-refractivity contribution in [3.63, 3.8) is 0 Å². The molecule has 6 nitrogen and oxygen atoms in total. The number of aryl methyl sites for hydroxylation is 1. The molecule has 0 aliphatic carbocycles. The molecule has 1 saturated heterocycles. The molecule has 1 atom stereocenters. The Morgan fingerprint density at radius 2 is 2.22 bits per heavy atom. The number of pyridine rings is 1. The van der Waals surface area contributed by atoms with Gasteiger partial charge in [0.2, 0.25) is 0 Å². The number of carbonyl (C=O) groups excluding carboxylic acids is 1. The fourth-order valence-electron chi connectivity index (χ4n) is 3.51. The maximum Gasteiger partial charge on any atom is 0.272 e. The molecule has 2 aromatic heterocycles. The Labute approximate surface area is 162 Å². The number of fused-ring (bicyclic) bond motifs is 1. The molecular weight excluding hydrogens is 362 g/mol. The van der Waals surface area contributed by atoms with Crippen molar-refractivity contribution in [1.82, 2.24) is 14.9 Å². The Kier molecular flexibility index (Phi) is 5.01. The molecule has 1 fully saturated rings. The van der Waals surface area contributed by atoms with Gasteiger partial charge in [0, 0.05) is 35.1 Å². The molecule has 4 rings (SSSR count). The minimum absolute atomic E-state index is 0.160. The highest BCUT2D eigenvalue weighted by molar-refractivity contribution is 6.31. The van der Waals surface area contributed by atoms with Crippen molar-refractivity contribution in [2.24, 2.45) is 0 Å². The van der Waals surface area contributed by atoms with E-state index in [2.05, 4.69) is 20.9 Å². The number of hydrogen-bond acceptors (Lipinski definition) is 4. The van der Waals surface area contributed by atoms with Gasteiger partial charge in [0.15, 0.2) is 0 Å². The van der Waals surface area contributed by atoms with Crippen molar-refractivity contribution in [1.29, 1.82) is 0 Å². The molecule has 3 heterocycles. The lowest BCUT2D eigenvalue weighted by molar-refractivity contribution is 0.101. The summed E-state index contributed by atoms with van der Waals surface area (Å²) in [6.45, 7) is 4.70. The summed E-state index contributed by atoms with van der Waals surface area (Å²) >= 11 is 6.08. The van der Waals surface area contributed by atoms with Gasteiger partial charge < -0.3 is 20.5 Å². The summed E-state index contributed by atoms with van der Waals surface area (Å²) in [5, 5.41) is 11.3. The van der Waals surface area contributed by atoms with E-state index in [0.29, 0.717) is 29.0 Å². The van der Waals surface area contributed by atoms with E-state index in [4.69, 9.17) is 11.6 Å². The van der Waals surface area contributed by atoms with E-state index < -0.39 is 0 Å². The average molecular weight is 384 g/mol. The van der Waals surface area contributed by atoms with Gasteiger partial charge in [-0.1, -0.05) is 11.6 Å². The summed E-state index contributed by atoms with van der Waals surface area (Å²) in [5.74, 6) is 0.658. The predicted molar refractivity (Wildman–Crippen MR) is 110 cm³/mol. The number of hydrogen-bond donors (Lipinski definition) is 3. The summed E-state index contributed by atoms with van der Waals surface area (Å²) in [4.78, 5) is 17.2. The van der Waals surface area contributed by atoms with Crippen molar-refractivity contribution in [3.8, 4) is 0 Å². The Hall–Kier alpha value is -2.57. The fourth-order valence-corrected chi connectivity index (χ4v) is 3.69. The van der Waals surface area contributed by atoms with Crippen molar-refractivity contribution in [2.75, 3.05) is 23.7 Å². The maximum atomic E-state index is 12.8. The third-order valence-corrected chi connectivity index (χ3v) is 5.08. The fraction of sp³-hybridized carbons (Fsp3) is 0.300. The van der Waals surface area contributed by atoms with Gasteiger partial charge in [0.1, 0.15) is 11.5 Å². The van der Waals surface area contributed by atoms with Gasteiger partial charge in [-0.05, 0) is 56.3 Å². The van der Waals surface area contributed by atoms with E-state index in [1.807, 2.05) is 47.9 Å². The molecule has 1 amide bonds. The third-order valence-electron chi connectivity index (χ3n) is 4.85. The van der Waals surface area contributed by atoms with E-state index in [1.165, 1.54) is 0 Å². The van der Waals surface area contributed by atoms with Crippen LogP contribution in [0.4, 0.5) is 11.5 Å². The normalized spacial score (nSPS) is 16.6.